The van der Waals surface area contributed by atoms with Crippen LogP contribution in [0.5, 0.6) is 0 Å². The highest BCUT2D eigenvalue weighted by atomic mass is 79.9. The van der Waals surface area contributed by atoms with Gasteiger partial charge in [0, 0.05) is 33.5 Å². The molecule has 19 heavy (non-hydrogen) atoms. The zero-order valence-electron chi connectivity index (χ0n) is 10.6. The van der Waals surface area contributed by atoms with E-state index in [4.69, 9.17) is 10.7 Å². The molecular formula is C15H16BrN3. The zero-order valence-corrected chi connectivity index (χ0v) is 12.2. The van der Waals surface area contributed by atoms with Crippen LogP contribution < -0.4 is 5.73 Å². The summed E-state index contributed by atoms with van der Waals surface area (Å²) in [6, 6.07) is 8.17. The number of halogens is 1. The fraction of sp³-hybridized carbons (Fsp3) is 0.333. The fourth-order valence-electron chi connectivity index (χ4n) is 2.52. The number of nitrogens with zero attached hydrogens (tertiary/aromatic N) is 2. The van der Waals surface area contributed by atoms with Gasteiger partial charge >= 0.3 is 0 Å². The second-order valence-corrected chi connectivity index (χ2v) is 5.87. The molecule has 3 rings (SSSR count). The number of fused-ring (bicyclic) bond motifs is 1. The topological polar surface area (TPSA) is 51.8 Å². The van der Waals surface area contributed by atoms with Crippen LogP contribution in [0.3, 0.4) is 0 Å². The minimum absolute atomic E-state index is 0.0917. The molecule has 1 aromatic heterocycles. The van der Waals surface area contributed by atoms with E-state index in [9.17, 15) is 0 Å². The Bertz CT molecular complexity index is 598. The molecule has 3 nitrogen and oxygen atoms in total. The molecule has 0 fully saturated rings. The van der Waals surface area contributed by atoms with Crippen LogP contribution in [0, 0.1) is 0 Å². The highest BCUT2D eigenvalue weighted by molar-refractivity contribution is 9.10. The van der Waals surface area contributed by atoms with Crippen molar-refractivity contribution >= 4 is 15.9 Å². The van der Waals surface area contributed by atoms with Gasteiger partial charge in [0.2, 0.25) is 0 Å². The third-order valence-electron chi connectivity index (χ3n) is 3.56. The number of hydrogen-bond acceptors (Lipinski definition) is 3. The van der Waals surface area contributed by atoms with E-state index in [1.807, 2.05) is 30.5 Å². The first-order valence-corrected chi connectivity index (χ1v) is 7.40. The Kier molecular flexibility index (Phi) is 3.62. The minimum atomic E-state index is 0.0917. The summed E-state index contributed by atoms with van der Waals surface area (Å²) in [7, 11) is 0. The summed E-state index contributed by atoms with van der Waals surface area (Å²) in [6.07, 6.45) is 6.28. The highest BCUT2D eigenvalue weighted by Crippen LogP contribution is 2.27. The predicted molar refractivity (Wildman–Crippen MR) is 79.7 cm³/mol. The Labute approximate surface area is 121 Å². The monoisotopic (exact) mass is 317 g/mol. The van der Waals surface area contributed by atoms with E-state index in [0.717, 1.165) is 46.4 Å². The molecule has 1 aliphatic carbocycles. The molecule has 98 valence electrons. The van der Waals surface area contributed by atoms with Crippen LogP contribution in [-0.2, 0) is 6.42 Å². The fourth-order valence-corrected chi connectivity index (χ4v) is 2.91. The minimum Gasteiger partial charge on any atom is -0.324 e. The summed E-state index contributed by atoms with van der Waals surface area (Å²) >= 11 is 3.48. The molecular weight excluding hydrogens is 302 g/mol. The second-order valence-electron chi connectivity index (χ2n) is 4.96. The first-order chi connectivity index (χ1) is 9.24. The number of nitrogens with two attached hydrogens (primary N) is 1. The van der Waals surface area contributed by atoms with Crippen molar-refractivity contribution in [1.29, 1.82) is 0 Å². The Hall–Kier alpha value is -1.26. The quantitative estimate of drug-likeness (QED) is 0.817. The van der Waals surface area contributed by atoms with Gasteiger partial charge < -0.3 is 5.73 Å². The maximum atomic E-state index is 6.17. The summed E-state index contributed by atoms with van der Waals surface area (Å²) in [5.41, 5.74) is 9.45. The molecule has 0 saturated carbocycles. The lowest BCUT2D eigenvalue weighted by molar-refractivity contribution is 0.614. The number of hydrogen-bond donors (Lipinski definition) is 1. The summed E-state index contributed by atoms with van der Waals surface area (Å²) in [4.78, 5) is 9.21. The standard InChI is InChI=1S/C15H16BrN3/c16-11-5-3-4-10(8-11)15-18-9-12-13(17)6-1-2-7-14(12)19-15/h3-5,8-9,13H,1-2,6-7,17H2. The number of benzene rings is 1. The third-order valence-corrected chi connectivity index (χ3v) is 4.05. The predicted octanol–water partition coefficient (Wildman–Crippen LogP) is 3.63. The van der Waals surface area contributed by atoms with Gasteiger partial charge in [-0.25, -0.2) is 9.97 Å². The highest BCUT2D eigenvalue weighted by Gasteiger charge is 2.17. The van der Waals surface area contributed by atoms with Gasteiger partial charge in [-0.1, -0.05) is 34.5 Å². The van der Waals surface area contributed by atoms with E-state index in [0.29, 0.717) is 0 Å². The Morgan fingerprint density at radius 1 is 1.26 bits per heavy atom. The Morgan fingerprint density at radius 2 is 2.16 bits per heavy atom. The Morgan fingerprint density at radius 3 is 3.00 bits per heavy atom. The first kappa shape index (κ1) is 12.8. The summed E-state index contributed by atoms with van der Waals surface area (Å²) < 4.78 is 1.04. The van der Waals surface area contributed by atoms with Gasteiger partial charge in [0.05, 0.1) is 0 Å². The average molecular weight is 318 g/mol. The van der Waals surface area contributed by atoms with Crippen molar-refractivity contribution in [3.63, 3.8) is 0 Å². The van der Waals surface area contributed by atoms with Gasteiger partial charge in [-0.2, -0.15) is 0 Å². The molecule has 0 aliphatic heterocycles. The third kappa shape index (κ3) is 2.69. The number of rotatable bonds is 1. The van der Waals surface area contributed by atoms with E-state index >= 15 is 0 Å². The van der Waals surface area contributed by atoms with E-state index in [-0.39, 0.29) is 6.04 Å². The van der Waals surface area contributed by atoms with Crippen LogP contribution in [0.1, 0.15) is 36.6 Å². The van der Waals surface area contributed by atoms with Crippen LogP contribution in [0.15, 0.2) is 34.9 Å². The molecule has 1 heterocycles. The van der Waals surface area contributed by atoms with E-state index in [1.54, 1.807) is 0 Å². The summed E-state index contributed by atoms with van der Waals surface area (Å²) in [6.45, 7) is 0. The molecule has 0 bridgehead atoms. The average Bonchev–Trinajstić information content (AvgIpc) is 2.60. The van der Waals surface area contributed by atoms with Crippen LogP contribution >= 0.6 is 15.9 Å². The van der Waals surface area contributed by atoms with Gasteiger partial charge in [-0.05, 0) is 31.4 Å². The van der Waals surface area contributed by atoms with Crippen molar-refractivity contribution in [3.05, 3.63) is 46.2 Å². The van der Waals surface area contributed by atoms with Crippen LogP contribution in [0.4, 0.5) is 0 Å². The molecule has 0 saturated heterocycles. The number of aromatic nitrogens is 2. The second kappa shape index (κ2) is 5.39. The van der Waals surface area contributed by atoms with Crippen LogP contribution in [0.2, 0.25) is 0 Å². The molecule has 1 atom stereocenters. The molecule has 1 aromatic carbocycles. The number of aryl methyl sites for hydroxylation is 1. The van der Waals surface area contributed by atoms with Gasteiger partial charge in [0.25, 0.3) is 0 Å². The lowest BCUT2D eigenvalue weighted by Crippen LogP contribution is -2.12. The molecule has 4 heteroatoms. The maximum absolute atomic E-state index is 6.17. The van der Waals surface area contributed by atoms with Gasteiger partial charge in [-0.3, -0.25) is 0 Å². The van der Waals surface area contributed by atoms with Crippen molar-refractivity contribution in [2.45, 2.75) is 31.7 Å². The van der Waals surface area contributed by atoms with E-state index in [1.165, 1.54) is 6.42 Å². The normalized spacial score (nSPS) is 18.7. The van der Waals surface area contributed by atoms with Crippen molar-refractivity contribution in [1.82, 2.24) is 9.97 Å². The molecule has 1 unspecified atom stereocenters. The van der Waals surface area contributed by atoms with Crippen molar-refractivity contribution < 1.29 is 0 Å². The zero-order chi connectivity index (χ0) is 13.2. The van der Waals surface area contributed by atoms with Crippen molar-refractivity contribution in [2.24, 2.45) is 5.73 Å². The molecule has 1 aliphatic rings. The molecule has 0 amide bonds. The molecule has 0 spiro atoms. The maximum Gasteiger partial charge on any atom is 0.159 e. The molecule has 2 aromatic rings. The van der Waals surface area contributed by atoms with Crippen molar-refractivity contribution in [2.75, 3.05) is 0 Å². The van der Waals surface area contributed by atoms with E-state index in [2.05, 4.69) is 20.9 Å². The lowest BCUT2D eigenvalue weighted by atomic mass is 10.1. The SMILES string of the molecule is NC1CCCCc2nc(-c3cccc(Br)c3)ncc21. The van der Waals surface area contributed by atoms with Crippen LogP contribution in [-0.4, -0.2) is 9.97 Å². The summed E-state index contributed by atoms with van der Waals surface area (Å²) in [5, 5.41) is 0. The largest absolute Gasteiger partial charge is 0.324 e. The van der Waals surface area contributed by atoms with Gasteiger partial charge in [0.15, 0.2) is 5.82 Å². The van der Waals surface area contributed by atoms with Gasteiger partial charge in [-0.15, -0.1) is 0 Å². The van der Waals surface area contributed by atoms with Crippen LogP contribution in [0.25, 0.3) is 11.4 Å². The lowest BCUT2D eigenvalue weighted by Gasteiger charge is -2.12. The van der Waals surface area contributed by atoms with Gasteiger partial charge in [0.1, 0.15) is 0 Å². The smallest absolute Gasteiger partial charge is 0.159 e. The van der Waals surface area contributed by atoms with Crippen molar-refractivity contribution in [3.8, 4) is 11.4 Å². The summed E-state index contributed by atoms with van der Waals surface area (Å²) in [5.74, 6) is 0.786. The molecule has 0 radical (unpaired) electrons. The Balaban J connectivity index is 2.03. The van der Waals surface area contributed by atoms with E-state index < -0.39 is 0 Å². The molecule has 2 N–H and O–H groups in total. The first-order valence-electron chi connectivity index (χ1n) is 6.61.